The first-order valence-corrected chi connectivity index (χ1v) is 6.27. The highest BCUT2D eigenvalue weighted by atomic mass is 15.3. The zero-order valence-corrected chi connectivity index (χ0v) is 11.4. The molecule has 0 saturated heterocycles. The molecule has 2 aromatic rings. The van der Waals surface area contributed by atoms with E-state index in [2.05, 4.69) is 28.4 Å². The molecule has 0 spiro atoms. The Bertz CT molecular complexity index is 621. The summed E-state index contributed by atoms with van der Waals surface area (Å²) in [5.74, 6) is 0.633. The zero-order valence-electron chi connectivity index (χ0n) is 11.4. The minimum absolute atomic E-state index is 0.563. The summed E-state index contributed by atoms with van der Waals surface area (Å²) in [6, 6.07) is 5.77. The zero-order chi connectivity index (χ0) is 13.8. The number of nitrogens with one attached hydrogen (secondary N) is 1. The Kier molecular flexibility index (Phi) is 3.81. The minimum Gasteiger partial charge on any atom is -0.365 e. The second kappa shape index (κ2) is 5.53. The fourth-order valence-corrected chi connectivity index (χ4v) is 1.99. The van der Waals surface area contributed by atoms with Crippen molar-refractivity contribution < 1.29 is 0 Å². The molecule has 0 bridgehead atoms. The number of hydrogen-bond donors (Lipinski definition) is 1. The molecular weight excluding hydrogens is 238 g/mol. The average Bonchev–Trinajstić information content (AvgIpc) is 2.77. The van der Waals surface area contributed by atoms with Gasteiger partial charge in [-0.3, -0.25) is 4.68 Å². The molecule has 0 fully saturated rings. The quantitative estimate of drug-likeness (QED) is 0.909. The van der Waals surface area contributed by atoms with Crippen LogP contribution in [0.15, 0.2) is 18.3 Å². The van der Waals surface area contributed by atoms with Crippen LogP contribution in [0.3, 0.4) is 0 Å². The van der Waals surface area contributed by atoms with E-state index in [1.165, 1.54) is 0 Å². The van der Waals surface area contributed by atoms with Crippen LogP contribution in [0.25, 0.3) is 0 Å². The lowest BCUT2D eigenvalue weighted by Crippen LogP contribution is -2.05. The Morgan fingerprint density at radius 3 is 2.89 bits per heavy atom. The van der Waals surface area contributed by atoms with Crippen LogP contribution >= 0.6 is 0 Å². The SMILES string of the molecule is CCc1nn(C)cc1CNc1nc(C)ccc1C#N. The van der Waals surface area contributed by atoms with Gasteiger partial charge in [-0.15, -0.1) is 0 Å². The minimum atomic E-state index is 0.563. The molecule has 2 rings (SSSR count). The van der Waals surface area contributed by atoms with E-state index in [1.54, 1.807) is 6.07 Å². The molecule has 0 saturated carbocycles. The molecule has 0 aliphatic rings. The third kappa shape index (κ3) is 2.91. The molecule has 1 N–H and O–H groups in total. The second-order valence-corrected chi connectivity index (χ2v) is 4.44. The molecule has 2 aromatic heterocycles. The first kappa shape index (κ1) is 13.1. The summed E-state index contributed by atoms with van der Waals surface area (Å²) in [5, 5.41) is 16.7. The van der Waals surface area contributed by atoms with Gasteiger partial charge in [0, 0.05) is 31.0 Å². The number of hydrogen-bond acceptors (Lipinski definition) is 4. The summed E-state index contributed by atoms with van der Waals surface area (Å²) in [6.07, 6.45) is 2.89. The van der Waals surface area contributed by atoms with Crippen LogP contribution in [0.4, 0.5) is 5.82 Å². The Balaban J connectivity index is 2.18. The fraction of sp³-hybridized carbons (Fsp3) is 0.357. The predicted molar refractivity (Wildman–Crippen MR) is 73.6 cm³/mol. The second-order valence-electron chi connectivity index (χ2n) is 4.44. The summed E-state index contributed by atoms with van der Waals surface area (Å²) in [7, 11) is 1.91. The Labute approximate surface area is 112 Å². The predicted octanol–water partition coefficient (Wildman–Crippen LogP) is 2.17. The van der Waals surface area contributed by atoms with Gasteiger partial charge < -0.3 is 5.32 Å². The van der Waals surface area contributed by atoms with Crippen LogP contribution in [0, 0.1) is 18.3 Å². The summed E-state index contributed by atoms with van der Waals surface area (Å²) in [5.41, 5.74) is 3.66. The molecule has 5 heteroatoms. The average molecular weight is 255 g/mol. The molecular formula is C14H17N5. The van der Waals surface area contributed by atoms with Gasteiger partial charge in [0.2, 0.25) is 0 Å². The number of aromatic nitrogens is 3. The molecule has 0 atom stereocenters. The Morgan fingerprint density at radius 1 is 1.42 bits per heavy atom. The van der Waals surface area contributed by atoms with Gasteiger partial charge >= 0.3 is 0 Å². The van der Waals surface area contributed by atoms with Gasteiger partial charge in [0.1, 0.15) is 11.9 Å². The number of nitriles is 1. The molecule has 5 nitrogen and oxygen atoms in total. The summed E-state index contributed by atoms with van der Waals surface area (Å²) < 4.78 is 1.81. The van der Waals surface area contributed by atoms with Crippen LogP contribution in [-0.2, 0) is 20.0 Å². The smallest absolute Gasteiger partial charge is 0.144 e. The van der Waals surface area contributed by atoms with Crippen LogP contribution in [0.2, 0.25) is 0 Å². The van der Waals surface area contributed by atoms with E-state index in [0.29, 0.717) is 17.9 Å². The van der Waals surface area contributed by atoms with Crippen molar-refractivity contribution in [3.05, 3.63) is 40.8 Å². The molecule has 98 valence electrons. The van der Waals surface area contributed by atoms with Gasteiger partial charge in [-0.1, -0.05) is 6.92 Å². The van der Waals surface area contributed by atoms with E-state index in [1.807, 2.05) is 30.9 Å². The Hall–Kier alpha value is -2.35. The Morgan fingerprint density at radius 2 is 2.21 bits per heavy atom. The van der Waals surface area contributed by atoms with Crippen molar-refractivity contribution in [1.82, 2.24) is 14.8 Å². The van der Waals surface area contributed by atoms with Crippen molar-refractivity contribution >= 4 is 5.82 Å². The van der Waals surface area contributed by atoms with Crippen LogP contribution in [0.1, 0.15) is 29.4 Å². The third-order valence-electron chi connectivity index (χ3n) is 2.93. The van der Waals surface area contributed by atoms with Crippen LogP contribution in [-0.4, -0.2) is 14.8 Å². The van der Waals surface area contributed by atoms with Gasteiger partial charge in [0.25, 0.3) is 0 Å². The molecule has 0 aliphatic carbocycles. The maximum absolute atomic E-state index is 9.06. The van der Waals surface area contributed by atoms with Crippen LogP contribution in [0.5, 0.6) is 0 Å². The molecule has 2 heterocycles. The van der Waals surface area contributed by atoms with Crippen molar-refractivity contribution in [2.75, 3.05) is 5.32 Å². The fourth-order valence-electron chi connectivity index (χ4n) is 1.99. The highest BCUT2D eigenvalue weighted by Crippen LogP contribution is 2.15. The highest BCUT2D eigenvalue weighted by Gasteiger charge is 2.08. The molecule has 19 heavy (non-hydrogen) atoms. The van der Waals surface area contributed by atoms with Crippen LogP contribution < -0.4 is 5.32 Å². The standard InChI is InChI=1S/C14H17N5/c1-4-13-12(9-19(3)18-13)8-16-14-11(7-15)6-5-10(2)17-14/h5-6,9H,4,8H2,1-3H3,(H,16,17). The van der Waals surface area contributed by atoms with Crippen molar-refractivity contribution in [2.24, 2.45) is 7.05 Å². The first-order chi connectivity index (χ1) is 9.13. The van der Waals surface area contributed by atoms with E-state index in [9.17, 15) is 0 Å². The molecule has 0 amide bonds. The topological polar surface area (TPSA) is 66.5 Å². The van der Waals surface area contributed by atoms with E-state index in [0.717, 1.165) is 23.4 Å². The lowest BCUT2D eigenvalue weighted by molar-refractivity contribution is 0.746. The largest absolute Gasteiger partial charge is 0.365 e. The van der Waals surface area contributed by atoms with Crippen molar-refractivity contribution in [1.29, 1.82) is 5.26 Å². The summed E-state index contributed by atoms with van der Waals surface area (Å²) in [4.78, 5) is 4.36. The number of rotatable bonds is 4. The maximum Gasteiger partial charge on any atom is 0.144 e. The van der Waals surface area contributed by atoms with E-state index >= 15 is 0 Å². The number of aryl methyl sites for hydroxylation is 3. The molecule has 0 radical (unpaired) electrons. The molecule has 0 aliphatic heterocycles. The van der Waals surface area contributed by atoms with Gasteiger partial charge in [-0.25, -0.2) is 4.98 Å². The number of nitrogens with zero attached hydrogens (tertiary/aromatic N) is 4. The van der Waals surface area contributed by atoms with Crippen molar-refractivity contribution in [2.45, 2.75) is 26.8 Å². The maximum atomic E-state index is 9.06. The van der Waals surface area contributed by atoms with Gasteiger partial charge in [0.05, 0.1) is 11.3 Å². The molecule has 0 unspecified atom stereocenters. The first-order valence-electron chi connectivity index (χ1n) is 6.27. The number of anilines is 1. The van der Waals surface area contributed by atoms with Gasteiger partial charge in [-0.05, 0) is 25.5 Å². The summed E-state index contributed by atoms with van der Waals surface area (Å²) in [6.45, 7) is 4.62. The third-order valence-corrected chi connectivity index (χ3v) is 2.93. The van der Waals surface area contributed by atoms with Gasteiger partial charge in [0.15, 0.2) is 0 Å². The normalized spacial score (nSPS) is 10.2. The van der Waals surface area contributed by atoms with Crippen molar-refractivity contribution in [3.8, 4) is 6.07 Å². The number of pyridine rings is 1. The molecule has 0 aromatic carbocycles. The van der Waals surface area contributed by atoms with E-state index in [-0.39, 0.29) is 0 Å². The van der Waals surface area contributed by atoms with E-state index in [4.69, 9.17) is 5.26 Å². The highest BCUT2D eigenvalue weighted by molar-refractivity contribution is 5.52. The van der Waals surface area contributed by atoms with Gasteiger partial charge in [-0.2, -0.15) is 10.4 Å². The van der Waals surface area contributed by atoms with E-state index < -0.39 is 0 Å². The lowest BCUT2D eigenvalue weighted by atomic mass is 10.2. The lowest BCUT2D eigenvalue weighted by Gasteiger charge is -2.07. The van der Waals surface area contributed by atoms with Crippen molar-refractivity contribution in [3.63, 3.8) is 0 Å². The summed E-state index contributed by atoms with van der Waals surface area (Å²) >= 11 is 0. The monoisotopic (exact) mass is 255 g/mol.